The predicted molar refractivity (Wildman–Crippen MR) is 71.2 cm³/mol. The van der Waals surface area contributed by atoms with E-state index in [2.05, 4.69) is 41.8 Å². The number of piperazine rings is 1. The Bertz CT molecular complexity index is 304. The van der Waals surface area contributed by atoms with Crippen LogP contribution in [0.5, 0.6) is 0 Å². The SMILES string of the molecule is CCSc1ccc(CC2CNCCN2)cc1. The van der Waals surface area contributed by atoms with E-state index in [-0.39, 0.29) is 0 Å². The molecule has 3 heteroatoms. The lowest BCUT2D eigenvalue weighted by molar-refractivity contribution is 0.416. The van der Waals surface area contributed by atoms with Crippen molar-refractivity contribution in [1.29, 1.82) is 0 Å². The van der Waals surface area contributed by atoms with Crippen molar-refractivity contribution in [2.45, 2.75) is 24.3 Å². The maximum absolute atomic E-state index is 3.54. The van der Waals surface area contributed by atoms with Gasteiger partial charge in [0.05, 0.1) is 0 Å². The zero-order valence-corrected chi connectivity index (χ0v) is 10.6. The van der Waals surface area contributed by atoms with Crippen LogP contribution < -0.4 is 10.6 Å². The van der Waals surface area contributed by atoms with E-state index in [1.54, 1.807) is 0 Å². The van der Waals surface area contributed by atoms with E-state index in [9.17, 15) is 0 Å². The maximum Gasteiger partial charge on any atom is 0.0233 e. The summed E-state index contributed by atoms with van der Waals surface area (Å²) < 4.78 is 0. The van der Waals surface area contributed by atoms with Crippen molar-refractivity contribution in [3.63, 3.8) is 0 Å². The van der Waals surface area contributed by atoms with Crippen LogP contribution in [0.4, 0.5) is 0 Å². The Morgan fingerprint density at radius 1 is 1.25 bits per heavy atom. The second-order valence-electron chi connectivity index (χ2n) is 4.14. The standard InChI is InChI=1S/C13H20N2S/c1-2-16-13-5-3-11(4-6-13)9-12-10-14-7-8-15-12/h3-6,12,14-15H,2,7-10H2,1H3. The van der Waals surface area contributed by atoms with Gasteiger partial charge in [-0.05, 0) is 29.9 Å². The van der Waals surface area contributed by atoms with Crippen molar-refractivity contribution in [1.82, 2.24) is 10.6 Å². The van der Waals surface area contributed by atoms with E-state index in [1.165, 1.54) is 10.5 Å². The normalized spacial score (nSPS) is 20.9. The van der Waals surface area contributed by atoms with Crippen LogP contribution in [0.15, 0.2) is 29.2 Å². The third kappa shape index (κ3) is 3.51. The van der Waals surface area contributed by atoms with Gasteiger partial charge in [-0.3, -0.25) is 0 Å². The van der Waals surface area contributed by atoms with Crippen LogP contribution in [-0.4, -0.2) is 31.4 Å². The van der Waals surface area contributed by atoms with Gasteiger partial charge >= 0.3 is 0 Å². The molecule has 0 aliphatic carbocycles. The first kappa shape index (κ1) is 12.0. The molecule has 1 unspecified atom stereocenters. The molecule has 2 nitrogen and oxygen atoms in total. The predicted octanol–water partition coefficient (Wildman–Crippen LogP) is 1.90. The van der Waals surface area contributed by atoms with E-state index in [0.717, 1.165) is 31.8 Å². The molecule has 2 rings (SSSR count). The first-order valence-electron chi connectivity index (χ1n) is 6.04. The number of benzene rings is 1. The molecular formula is C13H20N2S. The van der Waals surface area contributed by atoms with Crippen LogP contribution >= 0.6 is 11.8 Å². The third-order valence-corrected chi connectivity index (χ3v) is 3.74. The minimum absolute atomic E-state index is 0.596. The Morgan fingerprint density at radius 2 is 2.06 bits per heavy atom. The summed E-state index contributed by atoms with van der Waals surface area (Å²) >= 11 is 1.90. The van der Waals surface area contributed by atoms with Gasteiger partial charge in [-0.25, -0.2) is 0 Å². The number of rotatable bonds is 4. The molecule has 2 N–H and O–H groups in total. The highest BCUT2D eigenvalue weighted by Crippen LogP contribution is 2.18. The molecule has 1 aliphatic rings. The van der Waals surface area contributed by atoms with Gasteiger partial charge in [-0.15, -0.1) is 11.8 Å². The molecule has 0 radical (unpaired) electrons. The molecule has 0 bridgehead atoms. The molecule has 1 fully saturated rings. The molecule has 0 saturated carbocycles. The smallest absolute Gasteiger partial charge is 0.0233 e. The number of nitrogens with one attached hydrogen (secondary N) is 2. The lowest BCUT2D eigenvalue weighted by Gasteiger charge is -2.24. The summed E-state index contributed by atoms with van der Waals surface area (Å²) in [5, 5.41) is 6.96. The summed E-state index contributed by atoms with van der Waals surface area (Å²) in [6.07, 6.45) is 1.13. The topological polar surface area (TPSA) is 24.1 Å². The van der Waals surface area contributed by atoms with Crippen molar-refractivity contribution < 1.29 is 0 Å². The van der Waals surface area contributed by atoms with Gasteiger partial charge in [0, 0.05) is 30.6 Å². The molecule has 0 spiro atoms. The molecule has 16 heavy (non-hydrogen) atoms. The summed E-state index contributed by atoms with van der Waals surface area (Å²) in [6, 6.07) is 9.58. The van der Waals surface area contributed by atoms with Crippen LogP contribution in [-0.2, 0) is 6.42 Å². The highest BCUT2D eigenvalue weighted by Gasteiger charge is 2.11. The second kappa shape index (κ2) is 6.28. The fraction of sp³-hybridized carbons (Fsp3) is 0.538. The fourth-order valence-electron chi connectivity index (χ4n) is 2.03. The van der Waals surface area contributed by atoms with Crippen molar-refractivity contribution in [2.75, 3.05) is 25.4 Å². The fourth-order valence-corrected chi connectivity index (χ4v) is 2.69. The quantitative estimate of drug-likeness (QED) is 0.781. The minimum Gasteiger partial charge on any atom is -0.314 e. The highest BCUT2D eigenvalue weighted by atomic mass is 32.2. The van der Waals surface area contributed by atoms with Gasteiger partial charge in [0.1, 0.15) is 0 Å². The van der Waals surface area contributed by atoms with E-state index < -0.39 is 0 Å². The molecule has 1 aromatic carbocycles. The second-order valence-corrected chi connectivity index (χ2v) is 5.47. The van der Waals surface area contributed by atoms with Gasteiger partial charge in [-0.1, -0.05) is 19.1 Å². The molecule has 0 amide bonds. The maximum atomic E-state index is 3.54. The summed E-state index contributed by atoms with van der Waals surface area (Å²) in [4.78, 5) is 1.38. The molecule has 88 valence electrons. The zero-order chi connectivity index (χ0) is 11.2. The number of thioether (sulfide) groups is 1. The summed E-state index contributed by atoms with van der Waals surface area (Å²) in [7, 11) is 0. The van der Waals surface area contributed by atoms with Gasteiger partial charge in [-0.2, -0.15) is 0 Å². The molecule has 1 heterocycles. The minimum atomic E-state index is 0.596. The summed E-state index contributed by atoms with van der Waals surface area (Å²) in [5.74, 6) is 1.15. The average molecular weight is 236 g/mol. The van der Waals surface area contributed by atoms with Crippen molar-refractivity contribution in [3.8, 4) is 0 Å². The lowest BCUT2D eigenvalue weighted by atomic mass is 10.1. The zero-order valence-electron chi connectivity index (χ0n) is 9.83. The number of hydrogen-bond acceptors (Lipinski definition) is 3. The summed E-state index contributed by atoms with van der Waals surface area (Å²) in [6.45, 7) is 5.47. The van der Waals surface area contributed by atoms with E-state index in [1.807, 2.05) is 11.8 Å². The largest absolute Gasteiger partial charge is 0.314 e. The Labute approximate surface area is 102 Å². The first-order chi connectivity index (χ1) is 7.88. The Hall–Kier alpha value is -0.510. The molecule has 1 aliphatic heterocycles. The van der Waals surface area contributed by atoms with E-state index >= 15 is 0 Å². The molecular weight excluding hydrogens is 216 g/mol. The van der Waals surface area contributed by atoms with Crippen molar-refractivity contribution in [3.05, 3.63) is 29.8 Å². The van der Waals surface area contributed by atoms with Crippen LogP contribution in [0.3, 0.4) is 0 Å². The first-order valence-corrected chi connectivity index (χ1v) is 7.03. The average Bonchev–Trinajstić information content (AvgIpc) is 2.33. The van der Waals surface area contributed by atoms with E-state index in [0.29, 0.717) is 6.04 Å². The Kier molecular flexibility index (Phi) is 4.69. The van der Waals surface area contributed by atoms with Crippen LogP contribution in [0.2, 0.25) is 0 Å². The Morgan fingerprint density at radius 3 is 2.69 bits per heavy atom. The van der Waals surface area contributed by atoms with Crippen molar-refractivity contribution >= 4 is 11.8 Å². The van der Waals surface area contributed by atoms with Gasteiger partial charge in [0.15, 0.2) is 0 Å². The number of hydrogen-bond donors (Lipinski definition) is 2. The molecule has 1 saturated heterocycles. The monoisotopic (exact) mass is 236 g/mol. The van der Waals surface area contributed by atoms with Crippen LogP contribution in [0, 0.1) is 0 Å². The Balaban J connectivity index is 1.88. The lowest BCUT2D eigenvalue weighted by Crippen LogP contribution is -2.49. The van der Waals surface area contributed by atoms with Crippen LogP contribution in [0.25, 0.3) is 0 Å². The molecule has 0 aromatic heterocycles. The van der Waals surface area contributed by atoms with Gasteiger partial charge in [0.2, 0.25) is 0 Å². The van der Waals surface area contributed by atoms with Gasteiger partial charge in [0.25, 0.3) is 0 Å². The third-order valence-electron chi connectivity index (χ3n) is 2.84. The van der Waals surface area contributed by atoms with E-state index in [4.69, 9.17) is 0 Å². The van der Waals surface area contributed by atoms with Crippen molar-refractivity contribution in [2.24, 2.45) is 0 Å². The van der Waals surface area contributed by atoms with Crippen LogP contribution in [0.1, 0.15) is 12.5 Å². The molecule has 1 atom stereocenters. The molecule has 1 aromatic rings. The summed E-state index contributed by atoms with van der Waals surface area (Å²) in [5.41, 5.74) is 1.43. The van der Waals surface area contributed by atoms with Gasteiger partial charge < -0.3 is 10.6 Å². The highest BCUT2D eigenvalue weighted by molar-refractivity contribution is 7.99.